The lowest BCUT2D eigenvalue weighted by Crippen LogP contribution is -2.66. The fourth-order valence-electron chi connectivity index (χ4n) is 6.91. The Morgan fingerprint density at radius 3 is 2.27 bits per heavy atom. The molecule has 0 spiro atoms. The Morgan fingerprint density at radius 1 is 0.941 bits per heavy atom. The number of carbonyl (C=O) groups excluding carboxylic acids is 1. The van der Waals surface area contributed by atoms with Crippen molar-refractivity contribution in [2.45, 2.75) is 45.4 Å². The first-order valence-corrected chi connectivity index (χ1v) is 19.0. The van der Waals surface area contributed by atoms with Crippen LogP contribution in [0.4, 0.5) is 0 Å². The average Bonchev–Trinajstić information content (AvgIpc) is 3.84. The van der Waals surface area contributed by atoms with E-state index in [1.165, 1.54) is 10.4 Å². The van der Waals surface area contributed by atoms with Crippen molar-refractivity contribution in [2.75, 3.05) is 13.2 Å². The van der Waals surface area contributed by atoms with E-state index in [1.54, 1.807) is 21.8 Å². The Kier molecular flexibility index (Phi) is 9.15. The Labute approximate surface area is 297 Å². The van der Waals surface area contributed by atoms with Crippen LogP contribution in [0.1, 0.15) is 38.2 Å². The molecule has 0 fully saturated rings. The van der Waals surface area contributed by atoms with Gasteiger partial charge in [0.25, 0.3) is 8.32 Å². The van der Waals surface area contributed by atoms with Crippen LogP contribution < -0.4 is 20.8 Å². The van der Waals surface area contributed by atoms with E-state index in [2.05, 4.69) is 89.6 Å². The molecule has 11 nitrogen and oxygen atoms in total. The van der Waals surface area contributed by atoms with Crippen LogP contribution in [0.2, 0.25) is 5.04 Å². The summed E-state index contributed by atoms with van der Waals surface area (Å²) in [5, 5.41) is 20.8. The summed E-state index contributed by atoms with van der Waals surface area (Å²) in [4.78, 5) is 17.3. The van der Waals surface area contributed by atoms with Gasteiger partial charge in [-0.2, -0.15) is 15.3 Å². The van der Waals surface area contributed by atoms with E-state index in [4.69, 9.17) is 20.0 Å². The third kappa shape index (κ3) is 6.15. The maximum Gasteiger partial charge on any atom is 0.261 e. The summed E-state index contributed by atoms with van der Waals surface area (Å²) in [6.45, 7) is 9.86. The summed E-state index contributed by atoms with van der Waals surface area (Å²) < 4.78 is 16.6. The Bertz CT molecular complexity index is 2270. The van der Waals surface area contributed by atoms with Crippen molar-refractivity contribution in [1.29, 1.82) is 0 Å². The van der Waals surface area contributed by atoms with Crippen LogP contribution in [0.5, 0.6) is 5.88 Å². The van der Waals surface area contributed by atoms with Gasteiger partial charge in [-0.3, -0.25) is 14.6 Å². The van der Waals surface area contributed by atoms with Gasteiger partial charge in [0.1, 0.15) is 17.5 Å². The van der Waals surface area contributed by atoms with Crippen LogP contribution >= 0.6 is 0 Å². The normalized spacial score (nSPS) is 12.8. The van der Waals surface area contributed by atoms with Crippen LogP contribution in [0.3, 0.4) is 0 Å². The molecule has 3 N–H and O–H groups in total. The van der Waals surface area contributed by atoms with E-state index in [1.807, 2.05) is 50.4 Å². The van der Waals surface area contributed by atoms with Crippen molar-refractivity contribution in [3.63, 3.8) is 0 Å². The molecule has 0 amide bonds. The quantitative estimate of drug-likeness (QED) is 0.126. The molecule has 4 aromatic heterocycles. The molecule has 51 heavy (non-hydrogen) atoms. The van der Waals surface area contributed by atoms with Crippen molar-refractivity contribution in [3.05, 3.63) is 103 Å². The van der Waals surface area contributed by atoms with E-state index >= 15 is 0 Å². The largest absolute Gasteiger partial charge is 0.473 e. The van der Waals surface area contributed by atoms with Gasteiger partial charge in [0.15, 0.2) is 11.9 Å². The van der Waals surface area contributed by atoms with Crippen LogP contribution in [0.15, 0.2) is 97.3 Å². The number of H-pyrrole nitrogens is 1. The molecule has 0 aliphatic carbocycles. The van der Waals surface area contributed by atoms with Crippen LogP contribution in [-0.4, -0.2) is 68.6 Å². The number of benzene rings is 3. The van der Waals surface area contributed by atoms with Crippen molar-refractivity contribution >= 4 is 46.9 Å². The number of rotatable bonds is 12. The number of fused-ring (bicyclic) bond motifs is 2. The Balaban J connectivity index is 1.21. The number of nitrogens with zero attached hydrogens (tertiary/aromatic N) is 6. The Hall–Kier alpha value is -5.43. The zero-order valence-corrected chi connectivity index (χ0v) is 30.5. The Morgan fingerprint density at radius 2 is 1.63 bits per heavy atom. The molecule has 4 heterocycles. The molecule has 0 saturated heterocycles. The fraction of sp³-hybridized carbons (Fsp3) is 0.256. The number of aryl methyl sites for hydroxylation is 1. The summed E-state index contributed by atoms with van der Waals surface area (Å²) in [5.74, 6) is 0.613. The highest BCUT2D eigenvalue weighted by atomic mass is 28.4. The van der Waals surface area contributed by atoms with E-state index in [0.29, 0.717) is 42.6 Å². The number of aromatic nitrogens is 7. The third-order valence-corrected chi connectivity index (χ3v) is 14.5. The molecular formula is C39H42N8O3Si. The zero-order valence-electron chi connectivity index (χ0n) is 29.5. The van der Waals surface area contributed by atoms with Gasteiger partial charge in [-0.15, -0.1) is 0 Å². The first-order valence-electron chi connectivity index (χ1n) is 17.1. The van der Waals surface area contributed by atoms with Crippen LogP contribution in [-0.2, 0) is 18.0 Å². The maximum atomic E-state index is 12.7. The molecule has 12 heteroatoms. The minimum atomic E-state index is -2.75. The van der Waals surface area contributed by atoms with Crippen LogP contribution in [0, 0.1) is 0 Å². The summed E-state index contributed by atoms with van der Waals surface area (Å²) in [7, 11) is -0.917. The van der Waals surface area contributed by atoms with Gasteiger partial charge in [0.2, 0.25) is 5.88 Å². The second kappa shape index (κ2) is 13.7. The number of nitrogens with one attached hydrogen (secondary N) is 1. The van der Waals surface area contributed by atoms with E-state index < -0.39 is 8.32 Å². The molecule has 3 aromatic carbocycles. The number of hydrogen-bond acceptors (Lipinski definition) is 8. The highest BCUT2D eigenvalue weighted by Crippen LogP contribution is 2.37. The number of carbonyl (C=O) groups is 1. The van der Waals surface area contributed by atoms with Gasteiger partial charge in [0, 0.05) is 41.7 Å². The molecule has 0 aliphatic rings. The molecular weight excluding hydrogens is 657 g/mol. The highest BCUT2D eigenvalue weighted by Gasteiger charge is 2.50. The van der Waals surface area contributed by atoms with E-state index in [-0.39, 0.29) is 11.1 Å². The maximum absolute atomic E-state index is 12.7. The van der Waals surface area contributed by atoms with Crippen molar-refractivity contribution in [2.24, 2.45) is 12.8 Å². The number of ether oxygens (including phenoxy) is 1. The molecule has 7 rings (SSSR count). The molecule has 0 unspecified atom stereocenters. The van der Waals surface area contributed by atoms with Gasteiger partial charge >= 0.3 is 0 Å². The first-order chi connectivity index (χ1) is 24.6. The van der Waals surface area contributed by atoms with Gasteiger partial charge in [-0.1, -0.05) is 87.5 Å². The van der Waals surface area contributed by atoms with Crippen molar-refractivity contribution < 1.29 is 14.0 Å². The number of aromatic amines is 1. The summed E-state index contributed by atoms with van der Waals surface area (Å²) >= 11 is 0. The minimum absolute atomic E-state index is 0.164. The molecule has 0 bridgehead atoms. The molecule has 0 saturated carbocycles. The zero-order chi connectivity index (χ0) is 35.8. The smallest absolute Gasteiger partial charge is 0.261 e. The van der Waals surface area contributed by atoms with Crippen LogP contribution in [0.25, 0.3) is 44.3 Å². The average molecular weight is 699 g/mol. The lowest BCUT2D eigenvalue weighted by molar-refractivity contribution is 0.111. The second-order valence-corrected chi connectivity index (χ2v) is 18.1. The third-order valence-electron chi connectivity index (χ3n) is 9.46. The van der Waals surface area contributed by atoms with Gasteiger partial charge in [-0.25, -0.2) is 9.67 Å². The van der Waals surface area contributed by atoms with Gasteiger partial charge in [0.05, 0.1) is 30.4 Å². The molecule has 7 aromatic rings. The fourth-order valence-corrected chi connectivity index (χ4v) is 11.5. The summed E-state index contributed by atoms with van der Waals surface area (Å²) in [6, 6.07) is 29.0. The molecule has 1 atom stereocenters. The highest BCUT2D eigenvalue weighted by molar-refractivity contribution is 6.99. The standard InChI is InChI=1S/C39H42N8O3Si/c1-26(22-40)50-38-33(24-42-46(38)5)28-21-32-36(43-44-37(32)41-23-28)27-16-17-34-31(20-27)35(25-48)47(45-34)18-19-49-51(39(2,3)4,29-12-8-6-9-13-29)30-14-10-7-11-15-30/h6-17,20-21,23-26H,18-19,22,40H2,1-5H3,(H,41,43,44)/t26-/m0/s1. The number of aldehydes is 1. The number of nitrogens with two attached hydrogens (primary N) is 1. The predicted molar refractivity (Wildman–Crippen MR) is 203 cm³/mol. The molecule has 0 radical (unpaired) electrons. The lowest BCUT2D eigenvalue weighted by Gasteiger charge is -2.43. The minimum Gasteiger partial charge on any atom is -0.473 e. The molecule has 0 aliphatic heterocycles. The summed E-state index contributed by atoms with van der Waals surface area (Å²) in [6.07, 6.45) is 4.22. The second-order valence-electron chi connectivity index (χ2n) is 13.8. The van der Waals surface area contributed by atoms with E-state index in [9.17, 15) is 4.79 Å². The number of hydrogen-bond donors (Lipinski definition) is 2. The first kappa shape index (κ1) is 34.0. The topological polar surface area (TPSA) is 139 Å². The van der Waals surface area contributed by atoms with Gasteiger partial charge in [-0.05, 0) is 40.5 Å². The SMILES string of the molecule is C[C@@H](CN)Oc1c(-c2cnc3[nH]nc(-c4ccc5nn(CCO[Si](c6ccccc6)(c6ccccc6)C(C)(C)C)c(C=O)c5c4)c3c2)cnn1C. The van der Waals surface area contributed by atoms with Gasteiger partial charge < -0.3 is 14.9 Å². The molecule has 260 valence electrons. The number of pyridine rings is 1. The monoisotopic (exact) mass is 698 g/mol. The lowest BCUT2D eigenvalue weighted by atomic mass is 10.0. The summed E-state index contributed by atoms with van der Waals surface area (Å²) in [5.41, 5.74) is 10.9. The predicted octanol–water partition coefficient (Wildman–Crippen LogP) is 5.49. The van der Waals surface area contributed by atoms with Crippen molar-refractivity contribution in [3.8, 4) is 28.3 Å². The van der Waals surface area contributed by atoms with Crippen molar-refractivity contribution in [1.82, 2.24) is 34.7 Å². The van der Waals surface area contributed by atoms with E-state index in [0.717, 1.165) is 39.3 Å².